The summed E-state index contributed by atoms with van der Waals surface area (Å²) in [6.07, 6.45) is 0. The van der Waals surface area contributed by atoms with Crippen molar-refractivity contribution in [1.29, 1.82) is 0 Å². The molecule has 0 saturated carbocycles. The van der Waals surface area contributed by atoms with Crippen LogP contribution in [-0.4, -0.2) is 46.8 Å². The van der Waals surface area contributed by atoms with E-state index >= 15 is 0 Å². The normalized spacial score (nSPS) is 18.5. The fourth-order valence-corrected chi connectivity index (χ4v) is 2.37. The standard InChI is InChI=1S/C12H19IN4/c1-12(2,3)17-8-6-16(7-9-17)11-5-4-10(13)14-15-11/h4-5H,6-9H2,1-3H3. The van der Waals surface area contributed by atoms with E-state index in [0.717, 1.165) is 35.7 Å². The molecular weight excluding hydrogens is 327 g/mol. The average Bonchev–Trinajstić information content (AvgIpc) is 2.29. The highest BCUT2D eigenvalue weighted by atomic mass is 127. The number of anilines is 1. The SMILES string of the molecule is CC(C)(C)N1CCN(c2ccc(I)nn2)CC1. The molecule has 1 aliphatic rings. The summed E-state index contributed by atoms with van der Waals surface area (Å²) in [6, 6.07) is 4.07. The third kappa shape index (κ3) is 3.28. The smallest absolute Gasteiger partial charge is 0.151 e. The Kier molecular flexibility index (Phi) is 3.87. The molecule has 1 fully saturated rings. The van der Waals surface area contributed by atoms with E-state index in [0.29, 0.717) is 0 Å². The Bertz CT molecular complexity index is 363. The first-order valence-electron chi connectivity index (χ1n) is 5.96. The van der Waals surface area contributed by atoms with Crippen molar-refractivity contribution in [3.8, 4) is 0 Å². The maximum Gasteiger partial charge on any atom is 0.151 e. The molecule has 1 saturated heterocycles. The number of aromatic nitrogens is 2. The third-order valence-corrected chi connectivity index (χ3v) is 3.75. The van der Waals surface area contributed by atoms with Crippen LogP contribution in [0.25, 0.3) is 0 Å². The van der Waals surface area contributed by atoms with Crippen LogP contribution in [0.15, 0.2) is 12.1 Å². The van der Waals surface area contributed by atoms with E-state index in [-0.39, 0.29) is 5.54 Å². The van der Waals surface area contributed by atoms with Crippen LogP contribution in [0.5, 0.6) is 0 Å². The predicted octanol–water partition coefficient (Wildman–Crippen LogP) is 2.00. The van der Waals surface area contributed by atoms with Crippen LogP contribution >= 0.6 is 22.6 Å². The Labute approximate surface area is 117 Å². The molecule has 0 atom stereocenters. The Morgan fingerprint density at radius 2 is 1.71 bits per heavy atom. The predicted molar refractivity (Wildman–Crippen MR) is 78.3 cm³/mol. The van der Waals surface area contributed by atoms with Crippen molar-refractivity contribution in [2.24, 2.45) is 0 Å². The van der Waals surface area contributed by atoms with Gasteiger partial charge in [0.05, 0.1) is 0 Å². The van der Waals surface area contributed by atoms with Gasteiger partial charge in [-0.15, -0.1) is 10.2 Å². The summed E-state index contributed by atoms with van der Waals surface area (Å²) < 4.78 is 0.944. The van der Waals surface area contributed by atoms with Gasteiger partial charge in [0.2, 0.25) is 0 Å². The molecule has 1 aromatic heterocycles. The van der Waals surface area contributed by atoms with Crippen LogP contribution in [0.2, 0.25) is 0 Å². The number of hydrogen-bond donors (Lipinski definition) is 0. The van der Waals surface area contributed by atoms with E-state index < -0.39 is 0 Å². The van der Waals surface area contributed by atoms with Gasteiger partial charge in [-0.1, -0.05) is 0 Å². The molecule has 0 spiro atoms. The zero-order valence-electron chi connectivity index (χ0n) is 10.6. The minimum atomic E-state index is 0.268. The lowest BCUT2D eigenvalue weighted by atomic mass is 10.1. The summed E-state index contributed by atoms with van der Waals surface area (Å²) in [5.74, 6) is 0.999. The molecule has 2 heterocycles. The Balaban J connectivity index is 1.97. The second-order valence-electron chi connectivity index (χ2n) is 5.36. The molecule has 0 N–H and O–H groups in total. The topological polar surface area (TPSA) is 32.3 Å². The number of piperazine rings is 1. The first kappa shape index (κ1) is 13.0. The molecule has 4 nitrogen and oxygen atoms in total. The van der Waals surface area contributed by atoms with Gasteiger partial charge < -0.3 is 4.90 Å². The van der Waals surface area contributed by atoms with Gasteiger partial charge in [0.1, 0.15) is 3.70 Å². The lowest BCUT2D eigenvalue weighted by Gasteiger charge is -2.42. The monoisotopic (exact) mass is 346 g/mol. The molecule has 0 radical (unpaired) electrons. The second-order valence-corrected chi connectivity index (χ2v) is 6.46. The van der Waals surface area contributed by atoms with E-state index in [4.69, 9.17) is 0 Å². The number of hydrogen-bond acceptors (Lipinski definition) is 4. The van der Waals surface area contributed by atoms with Crippen LogP contribution in [0.1, 0.15) is 20.8 Å². The van der Waals surface area contributed by atoms with E-state index in [1.807, 2.05) is 6.07 Å². The van der Waals surface area contributed by atoms with Crippen molar-refractivity contribution >= 4 is 28.4 Å². The summed E-state index contributed by atoms with van der Waals surface area (Å²) >= 11 is 2.18. The van der Waals surface area contributed by atoms with Gasteiger partial charge in [0.15, 0.2) is 5.82 Å². The molecule has 94 valence electrons. The van der Waals surface area contributed by atoms with Crippen LogP contribution in [0.4, 0.5) is 5.82 Å². The quantitative estimate of drug-likeness (QED) is 0.729. The van der Waals surface area contributed by atoms with Crippen LogP contribution in [-0.2, 0) is 0 Å². The van der Waals surface area contributed by atoms with Crippen molar-refractivity contribution < 1.29 is 0 Å². The fraction of sp³-hybridized carbons (Fsp3) is 0.667. The highest BCUT2D eigenvalue weighted by Gasteiger charge is 2.26. The van der Waals surface area contributed by atoms with Crippen molar-refractivity contribution in [2.45, 2.75) is 26.3 Å². The Hall–Kier alpha value is -0.430. The number of rotatable bonds is 1. The fourth-order valence-electron chi connectivity index (χ4n) is 2.08. The molecule has 17 heavy (non-hydrogen) atoms. The first-order valence-corrected chi connectivity index (χ1v) is 7.04. The number of halogens is 1. The zero-order valence-corrected chi connectivity index (χ0v) is 12.8. The largest absolute Gasteiger partial charge is 0.353 e. The Morgan fingerprint density at radius 1 is 1.06 bits per heavy atom. The van der Waals surface area contributed by atoms with Crippen LogP contribution in [0.3, 0.4) is 0 Å². The van der Waals surface area contributed by atoms with Crippen LogP contribution in [0, 0.1) is 3.70 Å². The summed E-state index contributed by atoms with van der Waals surface area (Å²) in [5, 5.41) is 8.34. The van der Waals surface area contributed by atoms with Gasteiger partial charge in [-0.2, -0.15) is 0 Å². The van der Waals surface area contributed by atoms with E-state index in [2.05, 4.69) is 69.4 Å². The van der Waals surface area contributed by atoms with Crippen molar-refractivity contribution in [3.63, 3.8) is 0 Å². The zero-order chi connectivity index (χ0) is 12.5. The summed E-state index contributed by atoms with van der Waals surface area (Å²) in [5.41, 5.74) is 0.268. The van der Waals surface area contributed by atoms with E-state index in [1.165, 1.54) is 0 Å². The van der Waals surface area contributed by atoms with Crippen molar-refractivity contribution in [1.82, 2.24) is 15.1 Å². The summed E-state index contributed by atoms with van der Waals surface area (Å²) in [7, 11) is 0. The Morgan fingerprint density at radius 3 is 2.18 bits per heavy atom. The van der Waals surface area contributed by atoms with Crippen molar-refractivity contribution in [2.75, 3.05) is 31.1 Å². The lowest BCUT2D eigenvalue weighted by Crippen LogP contribution is -2.53. The minimum Gasteiger partial charge on any atom is -0.353 e. The van der Waals surface area contributed by atoms with Gasteiger partial charge in [0.25, 0.3) is 0 Å². The van der Waals surface area contributed by atoms with Gasteiger partial charge in [-0.3, -0.25) is 4.90 Å². The molecule has 0 aromatic carbocycles. The lowest BCUT2D eigenvalue weighted by molar-refractivity contribution is 0.128. The molecule has 5 heteroatoms. The highest BCUT2D eigenvalue weighted by molar-refractivity contribution is 14.1. The van der Waals surface area contributed by atoms with Gasteiger partial charge in [0, 0.05) is 31.7 Å². The third-order valence-electron chi connectivity index (χ3n) is 3.17. The van der Waals surface area contributed by atoms with Gasteiger partial charge in [-0.05, 0) is 55.5 Å². The molecular formula is C12H19IN4. The maximum atomic E-state index is 4.24. The van der Waals surface area contributed by atoms with Gasteiger partial charge in [-0.25, -0.2) is 0 Å². The highest BCUT2D eigenvalue weighted by Crippen LogP contribution is 2.19. The molecule has 0 aliphatic carbocycles. The van der Waals surface area contributed by atoms with Crippen LogP contribution < -0.4 is 4.90 Å². The molecule has 0 bridgehead atoms. The molecule has 2 rings (SSSR count). The molecule has 0 amide bonds. The summed E-state index contributed by atoms with van der Waals surface area (Å²) in [4.78, 5) is 4.83. The average molecular weight is 346 g/mol. The summed E-state index contributed by atoms with van der Waals surface area (Å²) in [6.45, 7) is 11.1. The number of nitrogens with zero attached hydrogens (tertiary/aromatic N) is 4. The van der Waals surface area contributed by atoms with Gasteiger partial charge >= 0.3 is 0 Å². The maximum absolute atomic E-state index is 4.24. The second kappa shape index (κ2) is 5.06. The van der Waals surface area contributed by atoms with Crippen molar-refractivity contribution in [3.05, 3.63) is 15.8 Å². The first-order chi connectivity index (χ1) is 7.97. The van der Waals surface area contributed by atoms with E-state index in [1.54, 1.807) is 0 Å². The molecule has 1 aliphatic heterocycles. The minimum absolute atomic E-state index is 0.268. The van der Waals surface area contributed by atoms with E-state index in [9.17, 15) is 0 Å². The molecule has 1 aromatic rings. The molecule has 0 unspecified atom stereocenters.